The van der Waals surface area contributed by atoms with Crippen molar-refractivity contribution in [2.24, 2.45) is 30.7 Å². The minimum absolute atomic E-state index is 0.236. The Morgan fingerprint density at radius 1 is 0.538 bits per heavy atom. The highest BCUT2D eigenvalue weighted by atomic mass is 32.2. The zero-order valence-electron chi connectivity index (χ0n) is 33.5. The molecule has 0 fully saturated rings. The maximum absolute atomic E-state index is 12.5. The summed E-state index contributed by atoms with van der Waals surface area (Å²) in [6, 6.07) is 11.0. The van der Waals surface area contributed by atoms with Crippen molar-refractivity contribution >= 4 is 91.1 Å². The predicted molar refractivity (Wildman–Crippen MR) is 227 cm³/mol. The van der Waals surface area contributed by atoms with Gasteiger partial charge in [-0.1, -0.05) is 0 Å². The molecule has 5 aromatic carbocycles. The summed E-state index contributed by atoms with van der Waals surface area (Å²) in [6.45, 7) is 2.71. The lowest BCUT2D eigenvalue weighted by molar-refractivity contribution is 0.198. The molecule has 0 bridgehead atoms. The number of fused-ring (bicyclic) bond motifs is 1. The van der Waals surface area contributed by atoms with Gasteiger partial charge >= 0.3 is 0 Å². The van der Waals surface area contributed by atoms with Gasteiger partial charge in [0.05, 0.1) is 29.2 Å². The van der Waals surface area contributed by atoms with Crippen molar-refractivity contribution in [1.82, 2.24) is 0 Å². The number of nitrogens with zero attached hydrogens (tertiary/aromatic N) is 7. The Hall–Kier alpha value is -6.28. The number of phenols is 2. The molecule has 0 unspecified atom stereocenters. The molecular weight excluding hydrogens is 947 g/mol. The van der Waals surface area contributed by atoms with E-state index >= 15 is 0 Å². The maximum Gasteiger partial charge on any atom is 0.296 e. The first-order valence-electron chi connectivity index (χ1n) is 18.3. The predicted octanol–water partition coefficient (Wildman–Crippen LogP) is 6.07. The molecule has 0 radical (unpaired) electrons. The Kier molecular flexibility index (Phi) is 15.2. The van der Waals surface area contributed by atoms with Gasteiger partial charge in [-0.25, -0.2) is 0 Å². The summed E-state index contributed by atoms with van der Waals surface area (Å²) in [7, 11) is -20.2. The molecule has 25 nitrogen and oxygen atoms in total. The second-order valence-corrected chi connectivity index (χ2v) is 18.6. The lowest BCUT2D eigenvalue weighted by Crippen LogP contribution is -2.22. The first-order chi connectivity index (χ1) is 30.4. The summed E-state index contributed by atoms with van der Waals surface area (Å²) in [5.41, 5.74) is -2.22. The van der Waals surface area contributed by atoms with E-state index in [1.54, 1.807) is 4.90 Å². The largest absolute Gasteiger partial charge is 0.507 e. The van der Waals surface area contributed by atoms with E-state index in [-0.39, 0.29) is 34.2 Å². The molecule has 0 aliphatic rings. The van der Waals surface area contributed by atoms with E-state index in [0.29, 0.717) is 37.0 Å². The van der Waals surface area contributed by atoms with Crippen molar-refractivity contribution in [1.29, 1.82) is 0 Å². The topological polar surface area (TPSA) is 394 Å². The Morgan fingerprint density at radius 3 is 1.54 bits per heavy atom. The fourth-order valence-electron chi connectivity index (χ4n) is 5.87. The van der Waals surface area contributed by atoms with Gasteiger partial charge in [0.15, 0.2) is 5.75 Å². The van der Waals surface area contributed by atoms with Crippen molar-refractivity contribution < 1.29 is 81.8 Å². The quantitative estimate of drug-likeness (QED) is 0.0343. The Balaban J connectivity index is 1.60. The summed E-state index contributed by atoms with van der Waals surface area (Å²) >= 11 is 0. The van der Waals surface area contributed by atoms with Gasteiger partial charge in [-0.3, -0.25) is 18.2 Å². The monoisotopic (exact) mass is 983 g/mol. The third-order valence-electron chi connectivity index (χ3n) is 8.78. The molecule has 0 aliphatic heterocycles. The zero-order chi connectivity index (χ0) is 48.1. The van der Waals surface area contributed by atoms with Gasteiger partial charge in [0.1, 0.15) is 73.6 Å². The highest BCUT2D eigenvalue weighted by molar-refractivity contribution is 7.86. The maximum atomic E-state index is 12.5. The minimum Gasteiger partial charge on any atom is -0.507 e. The normalized spacial score (nSPS) is 12.8. The first kappa shape index (κ1) is 49.7. The highest BCUT2D eigenvalue weighted by Crippen LogP contribution is 2.47. The highest BCUT2D eigenvalue weighted by Gasteiger charge is 2.26. The summed E-state index contributed by atoms with van der Waals surface area (Å²) in [6.07, 6.45) is 0. The molecule has 348 valence electrons. The standard InChI is InChI=1S/C36H37N7O18S4/c1-3-43(4-2)22-6-8-25(32(16-22)64(54,55)56)38-37-21-5-7-24(31(15-21)63(51,52)53)39-40-26-18-30(61-12-10-45)27(19-29(26)60-11-9-44)41-42-35-33(65(57,58)59)14-20-13-23(62(48,49)50)17-28(46)34(20)36(35)47/h5-8,13-19,44-47H,3-4,9-12H2,1-2H3,(H,48,49,50)(H,51,52,53)(H,54,55,56)(H,57,58,59). The molecule has 0 aromatic heterocycles. The molecule has 0 saturated heterocycles. The van der Waals surface area contributed by atoms with Crippen LogP contribution in [0.3, 0.4) is 0 Å². The van der Waals surface area contributed by atoms with Crippen molar-refractivity contribution in [3.63, 3.8) is 0 Å². The van der Waals surface area contributed by atoms with E-state index in [4.69, 9.17) is 9.47 Å². The average Bonchev–Trinajstić information content (AvgIpc) is 3.22. The van der Waals surface area contributed by atoms with Crippen LogP contribution in [0.2, 0.25) is 0 Å². The molecule has 0 saturated carbocycles. The van der Waals surface area contributed by atoms with Gasteiger partial charge in [0.25, 0.3) is 40.5 Å². The van der Waals surface area contributed by atoms with Gasteiger partial charge in [0, 0.05) is 37.0 Å². The molecule has 0 heterocycles. The second-order valence-electron chi connectivity index (χ2n) is 13.0. The van der Waals surface area contributed by atoms with Crippen LogP contribution < -0.4 is 14.4 Å². The molecule has 0 amide bonds. The molecule has 0 atom stereocenters. The summed E-state index contributed by atoms with van der Waals surface area (Å²) in [4.78, 5) is -1.69. The van der Waals surface area contributed by atoms with E-state index in [1.165, 1.54) is 24.3 Å². The van der Waals surface area contributed by atoms with Crippen LogP contribution in [0.5, 0.6) is 23.0 Å². The number of phenolic OH excluding ortho intramolecular Hbond substituents is 2. The summed E-state index contributed by atoms with van der Waals surface area (Å²) in [5, 5.41) is 62.8. The third kappa shape index (κ3) is 11.9. The van der Waals surface area contributed by atoms with Gasteiger partial charge in [-0.2, -0.15) is 38.8 Å². The lowest BCUT2D eigenvalue weighted by atomic mass is 10.1. The number of rotatable bonds is 19. The Bertz CT molecular complexity index is 3200. The van der Waals surface area contributed by atoms with E-state index in [2.05, 4.69) is 30.7 Å². The van der Waals surface area contributed by atoms with Crippen molar-refractivity contribution in [2.45, 2.75) is 33.4 Å². The molecule has 0 spiro atoms. The van der Waals surface area contributed by atoms with Crippen LogP contribution in [-0.4, -0.2) is 112 Å². The number of azo groups is 3. The SMILES string of the molecule is CCN(CC)c1ccc(N=Nc2ccc(N=Nc3cc(OCCO)c(N=Nc4c(S(=O)(=O)O)cc5cc(S(=O)(=O)O)cc(O)c5c4O)cc3OCCO)c(S(=O)(=O)O)c2)c(S(=O)(=O)O)c1. The number of hydrogen-bond donors (Lipinski definition) is 8. The Morgan fingerprint density at radius 2 is 1.03 bits per heavy atom. The average molecular weight is 984 g/mol. The second kappa shape index (κ2) is 19.9. The molecular formula is C36H37N7O18S4. The van der Waals surface area contributed by atoms with E-state index in [9.17, 15) is 72.3 Å². The van der Waals surface area contributed by atoms with Crippen LogP contribution in [0.25, 0.3) is 10.8 Å². The fourth-order valence-corrected chi connectivity index (χ4v) is 8.35. The van der Waals surface area contributed by atoms with Crippen LogP contribution in [0, 0.1) is 0 Å². The van der Waals surface area contributed by atoms with Crippen molar-refractivity contribution in [2.75, 3.05) is 44.4 Å². The van der Waals surface area contributed by atoms with Gasteiger partial charge in [0.2, 0.25) is 0 Å². The molecule has 5 rings (SSSR count). The van der Waals surface area contributed by atoms with E-state index < -0.39 is 120 Å². The van der Waals surface area contributed by atoms with E-state index in [0.717, 1.165) is 24.3 Å². The van der Waals surface area contributed by atoms with Gasteiger partial charge in [-0.05, 0) is 67.8 Å². The minimum atomic E-state index is -5.30. The molecule has 29 heteroatoms. The summed E-state index contributed by atoms with van der Waals surface area (Å²) < 4.78 is 148. The van der Waals surface area contributed by atoms with Gasteiger partial charge in [-0.15, -0.1) is 25.6 Å². The van der Waals surface area contributed by atoms with Crippen molar-refractivity contribution in [3.05, 3.63) is 66.7 Å². The molecule has 65 heavy (non-hydrogen) atoms. The molecule has 5 aromatic rings. The lowest BCUT2D eigenvalue weighted by Gasteiger charge is -2.21. The molecule has 0 aliphatic carbocycles. The third-order valence-corrected chi connectivity index (χ3v) is 12.2. The number of aromatic hydroxyl groups is 2. The Labute approximate surface area is 369 Å². The number of aliphatic hydroxyl groups is 2. The van der Waals surface area contributed by atoms with E-state index in [1.807, 2.05) is 13.8 Å². The zero-order valence-corrected chi connectivity index (χ0v) is 36.8. The number of benzene rings is 5. The van der Waals surface area contributed by atoms with Crippen LogP contribution in [0.1, 0.15) is 13.8 Å². The van der Waals surface area contributed by atoms with Crippen LogP contribution in [-0.2, 0) is 40.5 Å². The summed E-state index contributed by atoms with van der Waals surface area (Å²) in [5.74, 6) is -2.70. The van der Waals surface area contributed by atoms with Gasteiger partial charge < -0.3 is 34.8 Å². The fraction of sp³-hybridized carbons (Fsp3) is 0.222. The first-order valence-corrected chi connectivity index (χ1v) is 24.0. The van der Waals surface area contributed by atoms with Crippen LogP contribution >= 0.6 is 0 Å². The number of hydrogen-bond acceptors (Lipinski definition) is 21. The van der Waals surface area contributed by atoms with Crippen LogP contribution in [0.15, 0.2) is 117 Å². The number of aliphatic hydroxyl groups excluding tert-OH is 2. The number of anilines is 1. The van der Waals surface area contributed by atoms with Crippen molar-refractivity contribution in [3.8, 4) is 23.0 Å². The van der Waals surface area contributed by atoms with Crippen LogP contribution in [0.4, 0.5) is 39.8 Å². The number of ether oxygens (including phenoxy) is 2. The smallest absolute Gasteiger partial charge is 0.296 e. The molecule has 8 N–H and O–H groups in total.